The highest BCUT2D eigenvalue weighted by molar-refractivity contribution is 5.05. The van der Waals surface area contributed by atoms with Gasteiger partial charge in [-0.05, 0) is 38.8 Å². The summed E-state index contributed by atoms with van der Waals surface area (Å²) in [6.07, 6.45) is 4.75. The van der Waals surface area contributed by atoms with Crippen LogP contribution < -0.4 is 5.32 Å². The maximum atomic E-state index is 5.32. The van der Waals surface area contributed by atoms with Gasteiger partial charge in [0, 0.05) is 11.8 Å². The third-order valence-electron chi connectivity index (χ3n) is 3.09. The zero-order valence-corrected chi connectivity index (χ0v) is 8.20. The van der Waals surface area contributed by atoms with E-state index in [1.807, 2.05) is 0 Å². The maximum Gasteiger partial charge on any atom is 0.229 e. The molecule has 14 heavy (non-hydrogen) atoms. The number of rotatable bonds is 2. The number of aromatic nitrogens is 2. The van der Waals surface area contributed by atoms with Gasteiger partial charge < -0.3 is 9.84 Å². The van der Waals surface area contributed by atoms with Gasteiger partial charge >= 0.3 is 0 Å². The second-order valence-corrected chi connectivity index (χ2v) is 4.29. The van der Waals surface area contributed by atoms with E-state index < -0.39 is 0 Å². The standard InChI is InChI=1S/C10H15N3O/c1-2-7(1)9-12-10(14-13-9)8-3-5-11-6-4-8/h7-8,11H,1-6H2. The van der Waals surface area contributed by atoms with Crippen molar-refractivity contribution in [2.75, 3.05) is 13.1 Å². The number of piperidine rings is 1. The molecular weight excluding hydrogens is 178 g/mol. The van der Waals surface area contributed by atoms with E-state index in [1.165, 1.54) is 12.8 Å². The van der Waals surface area contributed by atoms with Gasteiger partial charge in [-0.25, -0.2) is 0 Å². The predicted molar refractivity (Wildman–Crippen MR) is 51.1 cm³/mol. The van der Waals surface area contributed by atoms with Crippen LogP contribution in [0.1, 0.15) is 49.2 Å². The fourth-order valence-electron chi connectivity index (χ4n) is 1.99. The summed E-state index contributed by atoms with van der Waals surface area (Å²) in [5, 5.41) is 7.38. The van der Waals surface area contributed by atoms with E-state index in [2.05, 4.69) is 15.5 Å². The molecular formula is C10H15N3O. The summed E-state index contributed by atoms with van der Waals surface area (Å²) in [4.78, 5) is 4.49. The maximum absolute atomic E-state index is 5.32. The molecule has 4 heteroatoms. The van der Waals surface area contributed by atoms with E-state index in [0.717, 1.165) is 37.6 Å². The largest absolute Gasteiger partial charge is 0.339 e. The van der Waals surface area contributed by atoms with Crippen LogP contribution >= 0.6 is 0 Å². The zero-order chi connectivity index (χ0) is 9.38. The van der Waals surface area contributed by atoms with E-state index in [1.54, 1.807) is 0 Å². The molecule has 1 N–H and O–H groups in total. The van der Waals surface area contributed by atoms with Gasteiger partial charge in [0.2, 0.25) is 5.89 Å². The van der Waals surface area contributed by atoms with Crippen LogP contribution in [0.2, 0.25) is 0 Å². The lowest BCUT2D eigenvalue weighted by molar-refractivity contribution is 0.318. The van der Waals surface area contributed by atoms with Crippen molar-refractivity contribution in [3.05, 3.63) is 11.7 Å². The molecule has 1 aliphatic carbocycles. The molecule has 2 heterocycles. The third-order valence-corrected chi connectivity index (χ3v) is 3.09. The van der Waals surface area contributed by atoms with Crippen LogP contribution in [0.5, 0.6) is 0 Å². The predicted octanol–water partition coefficient (Wildman–Crippen LogP) is 1.41. The summed E-state index contributed by atoms with van der Waals surface area (Å²) in [5.74, 6) is 2.91. The summed E-state index contributed by atoms with van der Waals surface area (Å²) in [5.41, 5.74) is 0. The molecule has 1 saturated carbocycles. The molecule has 1 aliphatic heterocycles. The Hall–Kier alpha value is -0.900. The lowest BCUT2D eigenvalue weighted by Crippen LogP contribution is -2.26. The molecule has 0 atom stereocenters. The molecule has 2 aliphatic rings. The van der Waals surface area contributed by atoms with Crippen molar-refractivity contribution in [3.63, 3.8) is 0 Å². The highest BCUT2D eigenvalue weighted by Crippen LogP contribution is 2.38. The topological polar surface area (TPSA) is 51.0 Å². The molecule has 0 aromatic carbocycles. The second kappa shape index (κ2) is 3.35. The third kappa shape index (κ3) is 1.54. The van der Waals surface area contributed by atoms with Gasteiger partial charge in [0.15, 0.2) is 5.82 Å². The van der Waals surface area contributed by atoms with E-state index >= 15 is 0 Å². The summed E-state index contributed by atoms with van der Waals surface area (Å²) in [6.45, 7) is 2.15. The van der Waals surface area contributed by atoms with Crippen LogP contribution in [0.15, 0.2) is 4.52 Å². The molecule has 4 nitrogen and oxygen atoms in total. The number of nitrogens with one attached hydrogen (secondary N) is 1. The van der Waals surface area contributed by atoms with E-state index in [0.29, 0.717) is 11.8 Å². The molecule has 0 unspecified atom stereocenters. The van der Waals surface area contributed by atoms with Crippen molar-refractivity contribution in [3.8, 4) is 0 Å². The molecule has 76 valence electrons. The highest BCUT2D eigenvalue weighted by Gasteiger charge is 2.30. The molecule has 0 radical (unpaired) electrons. The number of nitrogens with zero attached hydrogens (tertiary/aromatic N) is 2. The molecule has 2 fully saturated rings. The Morgan fingerprint density at radius 3 is 2.57 bits per heavy atom. The van der Waals surface area contributed by atoms with Gasteiger partial charge in [0.1, 0.15) is 0 Å². The average Bonchev–Trinajstić information content (AvgIpc) is 2.98. The Morgan fingerprint density at radius 2 is 1.86 bits per heavy atom. The van der Waals surface area contributed by atoms with Crippen LogP contribution in [-0.2, 0) is 0 Å². The average molecular weight is 193 g/mol. The van der Waals surface area contributed by atoms with E-state index in [9.17, 15) is 0 Å². The quantitative estimate of drug-likeness (QED) is 0.771. The smallest absolute Gasteiger partial charge is 0.229 e. The Morgan fingerprint density at radius 1 is 1.07 bits per heavy atom. The molecule has 1 aromatic heterocycles. The number of hydrogen-bond donors (Lipinski definition) is 1. The summed E-state index contributed by atoms with van der Waals surface area (Å²) in [7, 11) is 0. The molecule has 0 bridgehead atoms. The first-order valence-corrected chi connectivity index (χ1v) is 5.47. The molecule has 3 rings (SSSR count). The van der Waals surface area contributed by atoms with E-state index in [-0.39, 0.29) is 0 Å². The molecule has 1 saturated heterocycles. The Kier molecular flexibility index (Phi) is 2.01. The van der Waals surface area contributed by atoms with Gasteiger partial charge in [-0.1, -0.05) is 5.16 Å². The van der Waals surface area contributed by atoms with Crippen LogP contribution in [0.3, 0.4) is 0 Å². The minimum absolute atomic E-state index is 0.497. The molecule has 0 amide bonds. The minimum Gasteiger partial charge on any atom is -0.339 e. The van der Waals surface area contributed by atoms with Gasteiger partial charge in [0.25, 0.3) is 0 Å². The second-order valence-electron chi connectivity index (χ2n) is 4.29. The minimum atomic E-state index is 0.497. The van der Waals surface area contributed by atoms with Crippen molar-refractivity contribution in [1.82, 2.24) is 15.5 Å². The summed E-state index contributed by atoms with van der Waals surface area (Å²) < 4.78 is 5.32. The van der Waals surface area contributed by atoms with Crippen LogP contribution in [0.4, 0.5) is 0 Å². The lowest BCUT2D eigenvalue weighted by Gasteiger charge is -2.18. The molecule has 0 spiro atoms. The highest BCUT2D eigenvalue weighted by atomic mass is 16.5. The monoisotopic (exact) mass is 193 g/mol. The van der Waals surface area contributed by atoms with Crippen LogP contribution in [0.25, 0.3) is 0 Å². The van der Waals surface area contributed by atoms with Crippen LogP contribution in [-0.4, -0.2) is 23.2 Å². The van der Waals surface area contributed by atoms with Crippen molar-refractivity contribution in [1.29, 1.82) is 0 Å². The summed E-state index contributed by atoms with van der Waals surface area (Å²) >= 11 is 0. The fourth-order valence-corrected chi connectivity index (χ4v) is 1.99. The molecule has 1 aromatic rings. The van der Waals surface area contributed by atoms with Gasteiger partial charge in [-0.3, -0.25) is 0 Å². The Balaban J connectivity index is 1.74. The summed E-state index contributed by atoms with van der Waals surface area (Å²) in [6, 6.07) is 0. The van der Waals surface area contributed by atoms with Gasteiger partial charge in [-0.15, -0.1) is 0 Å². The van der Waals surface area contributed by atoms with Crippen molar-refractivity contribution < 1.29 is 4.52 Å². The van der Waals surface area contributed by atoms with Crippen molar-refractivity contribution in [2.24, 2.45) is 0 Å². The van der Waals surface area contributed by atoms with Crippen molar-refractivity contribution >= 4 is 0 Å². The number of hydrogen-bond acceptors (Lipinski definition) is 4. The lowest BCUT2D eigenvalue weighted by atomic mass is 9.98. The van der Waals surface area contributed by atoms with Crippen LogP contribution in [0, 0.1) is 0 Å². The Bertz CT molecular complexity index is 313. The fraction of sp³-hybridized carbons (Fsp3) is 0.800. The first-order valence-electron chi connectivity index (χ1n) is 5.47. The van der Waals surface area contributed by atoms with E-state index in [4.69, 9.17) is 4.52 Å². The zero-order valence-electron chi connectivity index (χ0n) is 8.20. The van der Waals surface area contributed by atoms with Gasteiger partial charge in [-0.2, -0.15) is 4.98 Å². The Labute approximate surface area is 83.1 Å². The normalized spacial score (nSPS) is 24.0. The SMILES string of the molecule is C1CC(c2nc(C3CC3)no2)CCN1. The van der Waals surface area contributed by atoms with Crippen molar-refractivity contribution in [2.45, 2.75) is 37.5 Å². The first-order chi connectivity index (χ1) is 6.93. The van der Waals surface area contributed by atoms with Gasteiger partial charge in [0.05, 0.1) is 0 Å². The first kappa shape index (κ1) is 8.41.